The van der Waals surface area contributed by atoms with Crippen molar-refractivity contribution in [2.45, 2.75) is 6.42 Å². The highest BCUT2D eigenvalue weighted by atomic mass is 32.2. The van der Waals surface area contributed by atoms with Gasteiger partial charge in [-0.2, -0.15) is 0 Å². The molecule has 0 aromatic heterocycles. The van der Waals surface area contributed by atoms with Crippen LogP contribution in [0.4, 0.5) is 5.69 Å². The Kier molecular flexibility index (Phi) is 3.17. The summed E-state index contributed by atoms with van der Waals surface area (Å²) in [4.78, 5) is 11.0. The largest absolute Gasteiger partial charge is 0.399 e. The van der Waals surface area contributed by atoms with Crippen LogP contribution < -0.4 is 5.73 Å². The number of nitrogens with two attached hydrogens (primary N) is 1. The summed E-state index contributed by atoms with van der Waals surface area (Å²) in [7, 11) is 0. The first-order valence-corrected chi connectivity index (χ1v) is 4.86. The molecule has 0 radical (unpaired) electrons. The molecule has 0 saturated carbocycles. The minimum atomic E-state index is 0.180. The van der Waals surface area contributed by atoms with Gasteiger partial charge in [-0.15, -0.1) is 0 Å². The lowest BCUT2D eigenvalue weighted by Gasteiger charge is -1.98. The molecule has 0 aliphatic heterocycles. The Bertz CT molecular complexity index is 268. The lowest BCUT2D eigenvalue weighted by Crippen LogP contribution is -1.96. The number of carbonyl (C=O) groups is 1. The maximum absolute atomic E-state index is 11.0. The van der Waals surface area contributed by atoms with E-state index in [9.17, 15) is 4.79 Å². The molecule has 0 fully saturated rings. The van der Waals surface area contributed by atoms with E-state index in [1.807, 2.05) is 24.3 Å². The highest BCUT2D eigenvalue weighted by molar-refractivity contribution is 8.13. The van der Waals surface area contributed by atoms with Crippen molar-refractivity contribution in [1.29, 1.82) is 0 Å². The minimum Gasteiger partial charge on any atom is -0.399 e. The van der Waals surface area contributed by atoms with Crippen molar-refractivity contribution in [2.75, 3.05) is 12.0 Å². The van der Waals surface area contributed by atoms with E-state index >= 15 is 0 Å². The van der Waals surface area contributed by atoms with Gasteiger partial charge < -0.3 is 5.73 Å². The molecule has 0 aliphatic carbocycles. The number of benzene rings is 1. The van der Waals surface area contributed by atoms with E-state index in [4.69, 9.17) is 5.73 Å². The first-order valence-electron chi connectivity index (χ1n) is 3.63. The summed E-state index contributed by atoms with van der Waals surface area (Å²) >= 11 is 1.25. The van der Waals surface area contributed by atoms with Crippen molar-refractivity contribution in [3.8, 4) is 0 Å². The van der Waals surface area contributed by atoms with Crippen LogP contribution in [-0.4, -0.2) is 11.4 Å². The number of nitrogen functional groups attached to an aromatic ring is 1. The normalized spacial score (nSPS) is 9.75. The van der Waals surface area contributed by atoms with Crippen molar-refractivity contribution in [3.05, 3.63) is 29.8 Å². The molecule has 2 nitrogen and oxygen atoms in total. The van der Waals surface area contributed by atoms with Crippen LogP contribution in [0, 0.1) is 0 Å². The van der Waals surface area contributed by atoms with Gasteiger partial charge in [0, 0.05) is 12.1 Å². The van der Waals surface area contributed by atoms with Crippen LogP contribution in [0.3, 0.4) is 0 Å². The molecule has 0 saturated heterocycles. The highest BCUT2D eigenvalue weighted by Gasteiger charge is 2.00. The summed E-state index contributed by atoms with van der Waals surface area (Å²) in [5.41, 5.74) is 7.25. The lowest BCUT2D eigenvalue weighted by atomic mass is 10.1. The Morgan fingerprint density at radius 1 is 1.42 bits per heavy atom. The van der Waals surface area contributed by atoms with Crippen molar-refractivity contribution in [1.82, 2.24) is 0 Å². The zero-order valence-corrected chi connectivity index (χ0v) is 7.73. The summed E-state index contributed by atoms with van der Waals surface area (Å²) in [6.45, 7) is 0. The predicted molar refractivity (Wildman–Crippen MR) is 53.1 cm³/mol. The van der Waals surface area contributed by atoms with Crippen molar-refractivity contribution < 1.29 is 4.79 Å². The van der Waals surface area contributed by atoms with Crippen molar-refractivity contribution in [2.24, 2.45) is 0 Å². The number of carbonyl (C=O) groups excluding carboxylic acids is 1. The molecule has 2 N–H and O–H groups in total. The Morgan fingerprint density at radius 2 is 2.00 bits per heavy atom. The molecule has 0 amide bonds. The smallest absolute Gasteiger partial charge is 0.193 e. The maximum atomic E-state index is 11.0. The maximum Gasteiger partial charge on any atom is 0.193 e. The molecule has 3 heteroatoms. The number of hydrogen-bond donors (Lipinski definition) is 1. The summed E-state index contributed by atoms with van der Waals surface area (Å²) in [5, 5.41) is 0.180. The average Bonchev–Trinajstić information content (AvgIpc) is 2.09. The molecule has 0 bridgehead atoms. The Morgan fingerprint density at radius 3 is 2.50 bits per heavy atom. The van der Waals surface area contributed by atoms with E-state index in [1.165, 1.54) is 11.8 Å². The fourth-order valence-electron chi connectivity index (χ4n) is 0.874. The molecule has 0 atom stereocenters. The van der Waals surface area contributed by atoms with Crippen LogP contribution in [0.2, 0.25) is 0 Å². The fourth-order valence-corrected chi connectivity index (χ4v) is 1.19. The number of rotatable bonds is 2. The predicted octanol–water partition coefficient (Wildman–Crippen LogP) is 1.70. The second kappa shape index (κ2) is 4.16. The second-order valence-electron chi connectivity index (χ2n) is 2.49. The zero-order chi connectivity index (χ0) is 8.97. The van der Waals surface area contributed by atoms with E-state index in [1.54, 1.807) is 6.26 Å². The standard InChI is InChI=1S/C9H11NOS/c1-12-9(11)6-7-2-4-8(10)5-3-7/h2-5H,6,10H2,1H3. The van der Waals surface area contributed by atoms with E-state index < -0.39 is 0 Å². The van der Waals surface area contributed by atoms with Gasteiger partial charge in [-0.3, -0.25) is 4.79 Å². The molecular weight excluding hydrogens is 170 g/mol. The van der Waals surface area contributed by atoms with Gasteiger partial charge in [0.1, 0.15) is 0 Å². The van der Waals surface area contributed by atoms with Crippen molar-refractivity contribution in [3.63, 3.8) is 0 Å². The molecule has 0 aliphatic rings. The Labute approximate surface area is 76.2 Å². The van der Waals surface area contributed by atoms with Crippen LogP contribution in [0.15, 0.2) is 24.3 Å². The molecule has 64 valence electrons. The third-order valence-corrected chi connectivity index (χ3v) is 2.16. The SMILES string of the molecule is CSC(=O)Cc1ccc(N)cc1. The quantitative estimate of drug-likeness (QED) is 0.706. The topological polar surface area (TPSA) is 43.1 Å². The van der Waals surface area contributed by atoms with Crippen LogP contribution in [0.1, 0.15) is 5.56 Å². The Balaban J connectivity index is 2.64. The third kappa shape index (κ3) is 2.58. The first kappa shape index (κ1) is 9.13. The van der Waals surface area contributed by atoms with E-state index in [0.29, 0.717) is 6.42 Å². The van der Waals surface area contributed by atoms with Gasteiger partial charge in [0.2, 0.25) is 0 Å². The van der Waals surface area contributed by atoms with E-state index in [0.717, 1.165) is 11.3 Å². The third-order valence-electron chi connectivity index (χ3n) is 1.56. The summed E-state index contributed by atoms with van der Waals surface area (Å²) in [5.74, 6) is 0. The molecule has 0 heterocycles. The molecule has 1 aromatic carbocycles. The second-order valence-corrected chi connectivity index (χ2v) is 3.36. The molecule has 1 rings (SSSR count). The van der Waals surface area contributed by atoms with Gasteiger partial charge >= 0.3 is 0 Å². The zero-order valence-electron chi connectivity index (χ0n) is 6.91. The van der Waals surface area contributed by atoms with Gasteiger partial charge in [-0.05, 0) is 24.0 Å². The number of anilines is 1. The monoisotopic (exact) mass is 181 g/mol. The van der Waals surface area contributed by atoms with Crippen LogP contribution in [0.5, 0.6) is 0 Å². The van der Waals surface area contributed by atoms with Gasteiger partial charge in [0.15, 0.2) is 5.12 Å². The fraction of sp³-hybridized carbons (Fsp3) is 0.222. The van der Waals surface area contributed by atoms with Gasteiger partial charge in [0.05, 0.1) is 0 Å². The number of thioether (sulfide) groups is 1. The highest BCUT2D eigenvalue weighted by Crippen LogP contribution is 2.09. The molecule has 12 heavy (non-hydrogen) atoms. The molecule has 0 unspecified atom stereocenters. The first-order chi connectivity index (χ1) is 5.72. The van der Waals surface area contributed by atoms with E-state index in [2.05, 4.69) is 0 Å². The van der Waals surface area contributed by atoms with E-state index in [-0.39, 0.29) is 5.12 Å². The molecule has 0 spiro atoms. The molecule has 1 aromatic rings. The summed E-state index contributed by atoms with van der Waals surface area (Å²) in [6.07, 6.45) is 2.28. The molecular formula is C9H11NOS. The average molecular weight is 181 g/mol. The van der Waals surface area contributed by atoms with Crippen molar-refractivity contribution >= 4 is 22.6 Å². The summed E-state index contributed by atoms with van der Waals surface area (Å²) in [6, 6.07) is 7.37. The van der Waals surface area contributed by atoms with Crippen LogP contribution in [0.25, 0.3) is 0 Å². The summed E-state index contributed by atoms with van der Waals surface area (Å²) < 4.78 is 0. The lowest BCUT2D eigenvalue weighted by molar-refractivity contribution is -0.110. The van der Waals surface area contributed by atoms with Crippen LogP contribution >= 0.6 is 11.8 Å². The Hall–Kier alpha value is -0.960. The van der Waals surface area contributed by atoms with Gasteiger partial charge in [-0.25, -0.2) is 0 Å². The van der Waals surface area contributed by atoms with Gasteiger partial charge in [0.25, 0.3) is 0 Å². The van der Waals surface area contributed by atoms with Crippen LogP contribution in [-0.2, 0) is 11.2 Å². The minimum absolute atomic E-state index is 0.180. The number of hydrogen-bond acceptors (Lipinski definition) is 3. The van der Waals surface area contributed by atoms with Gasteiger partial charge in [-0.1, -0.05) is 23.9 Å².